The van der Waals surface area contributed by atoms with Crippen LogP contribution in [0.2, 0.25) is 0 Å². The Hall–Kier alpha value is -0.340. The van der Waals surface area contributed by atoms with Crippen LogP contribution in [0.1, 0.15) is 51.0 Å². The van der Waals surface area contributed by atoms with Crippen LogP contribution in [-0.4, -0.2) is 13.1 Å². The van der Waals surface area contributed by atoms with Crippen LogP contribution in [0.25, 0.3) is 0 Å². The second-order valence-corrected chi connectivity index (χ2v) is 5.42. The molecule has 1 aromatic rings. The van der Waals surface area contributed by atoms with Gasteiger partial charge in [-0.05, 0) is 36.9 Å². The lowest BCUT2D eigenvalue weighted by Crippen LogP contribution is -2.22. The second kappa shape index (κ2) is 8.71. The summed E-state index contributed by atoms with van der Waals surface area (Å²) >= 11 is 3.67. The molecule has 2 heteroatoms. The van der Waals surface area contributed by atoms with Crippen molar-refractivity contribution in [3.05, 3.63) is 34.3 Å². The molecule has 0 spiro atoms. The van der Waals surface area contributed by atoms with Gasteiger partial charge in [-0.15, -0.1) is 0 Å². The molecule has 0 saturated carbocycles. The molecule has 1 nitrogen and oxygen atoms in total. The average Bonchev–Trinajstić information content (AvgIpc) is 2.35. The maximum Gasteiger partial charge on any atom is 0.0210 e. The lowest BCUT2D eigenvalue weighted by molar-refractivity contribution is 0.527. The van der Waals surface area contributed by atoms with Gasteiger partial charge in [-0.1, -0.05) is 60.8 Å². The minimum absolute atomic E-state index is 0.636. The number of nitrogens with one attached hydrogen (secondary N) is 1. The quantitative estimate of drug-likeness (QED) is 0.685. The zero-order chi connectivity index (χ0) is 12.5. The van der Waals surface area contributed by atoms with Gasteiger partial charge in [-0.2, -0.15) is 0 Å². The van der Waals surface area contributed by atoms with E-state index in [2.05, 4.69) is 59.4 Å². The van der Waals surface area contributed by atoms with Gasteiger partial charge >= 0.3 is 0 Å². The van der Waals surface area contributed by atoms with E-state index in [9.17, 15) is 0 Å². The molecule has 96 valence electrons. The summed E-state index contributed by atoms with van der Waals surface area (Å²) in [5, 5.41) is 3.55. The van der Waals surface area contributed by atoms with E-state index in [-0.39, 0.29) is 0 Å². The summed E-state index contributed by atoms with van der Waals surface area (Å²) in [6.45, 7) is 6.69. The predicted molar refractivity (Wildman–Crippen MR) is 79.6 cm³/mol. The first-order valence-corrected chi connectivity index (χ1v) is 7.54. The van der Waals surface area contributed by atoms with E-state index >= 15 is 0 Å². The number of benzene rings is 1. The first-order chi connectivity index (χ1) is 8.29. The molecule has 0 aromatic heterocycles. The highest BCUT2D eigenvalue weighted by Crippen LogP contribution is 2.28. The summed E-state index contributed by atoms with van der Waals surface area (Å²) in [5.74, 6) is 0.636. The lowest BCUT2D eigenvalue weighted by atomic mass is 9.93. The molecular weight excluding hydrogens is 274 g/mol. The minimum Gasteiger partial charge on any atom is -0.316 e. The smallest absolute Gasteiger partial charge is 0.0210 e. The van der Waals surface area contributed by atoms with E-state index in [1.54, 1.807) is 0 Å². The number of rotatable bonds is 8. The van der Waals surface area contributed by atoms with Crippen LogP contribution < -0.4 is 5.32 Å². The topological polar surface area (TPSA) is 12.0 Å². The molecular formula is C15H24BrN. The Balaban J connectivity index is 2.64. The van der Waals surface area contributed by atoms with E-state index in [4.69, 9.17) is 0 Å². The molecule has 0 bridgehead atoms. The maximum atomic E-state index is 3.67. The van der Waals surface area contributed by atoms with Crippen molar-refractivity contribution in [1.29, 1.82) is 0 Å². The van der Waals surface area contributed by atoms with Gasteiger partial charge in [0.25, 0.3) is 0 Å². The summed E-state index contributed by atoms with van der Waals surface area (Å²) in [6.07, 6.45) is 5.06. The van der Waals surface area contributed by atoms with Crippen LogP contribution in [0.5, 0.6) is 0 Å². The van der Waals surface area contributed by atoms with Crippen LogP contribution in [-0.2, 0) is 0 Å². The summed E-state index contributed by atoms with van der Waals surface area (Å²) in [4.78, 5) is 0. The van der Waals surface area contributed by atoms with Gasteiger partial charge in [0.05, 0.1) is 0 Å². The summed E-state index contributed by atoms with van der Waals surface area (Å²) in [6, 6.07) is 8.62. The van der Waals surface area contributed by atoms with E-state index < -0.39 is 0 Å². The molecule has 1 atom stereocenters. The fourth-order valence-electron chi connectivity index (χ4n) is 2.08. The van der Waals surface area contributed by atoms with Crippen molar-refractivity contribution in [3.63, 3.8) is 0 Å². The van der Waals surface area contributed by atoms with Crippen LogP contribution in [0, 0.1) is 0 Å². The fourth-order valence-corrected chi connectivity index (χ4v) is 2.69. The fraction of sp³-hybridized carbons (Fsp3) is 0.600. The summed E-state index contributed by atoms with van der Waals surface area (Å²) in [5.41, 5.74) is 1.45. The van der Waals surface area contributed by atoms with Crippen molar-refractivity contribution in [3.8, 4) is 0 Å². The van der Waals surface area contributed by atoms with Crippen molar-refractivity contribution in [2.24, 2.45) is 0 Å². The van der Waals surface area contributed by atoms with Crippen molar-refractivity contribution in [1.82, 2.24) is 5.32 Å². The summed E-state index contributed by atoms with van der Waals surface area (Å²) in [7, 11) is 0. The number of hydrogen-bond donors (Lipinski definition) is 1. The van der Waals surface area contributed by atoms with E-state index in [0.29, 0.717) is 5.92 Å². The Labute approximate surface area is 114 Å². The molecule has 0 radical (unpaired) electrons. The van der Waals surface area contributed by atoms with Crippen LogP contribution in [0.3, 0.4) is 0 Å². The molecule has 0 aliphatic rings. The van der Waals surface area contributed by atoms with E-state index in [1.165, 1.54) is 35.7 Å². The molecule has 1 unspecified atom stereocenters. The molecule has 0 saturated heterocycles. The molecule has 1 aromatic carbocycles. The van der Waals surface area contributed by atoms with Gasteiger partial charge < -0.3 is 5.32 Å². The standard InChI is InChI=1S/C15H24BrN/c1-3-5-8-13(12-17-11-4-2)14-9-6-7-10-15(14)16/h6-7,9-10,13,17H,3-5,8,11-12H2,1-2H3. The zero-order valence-electron chi connectivity index (χ0n) is 11.0. The largest absolute Gasteiger partial charge is 0.316 e. The second-order valence-electron chi connectivity index (χ2n) is 4.56. The molecule has 1 rings (SSSR count). The number of unbranched alkanes of at least 4 members (excludes halogenated alkanes) is 1. The van der Waals surface area contributed by atoms with Gasteiger partial charge in [0, 0.05) is 11.0 Å². The Morgan fingerprint density at radius 1 is 1.18 bits per heavy atom. The monoisotopic (exact) mass is 297 g/mol. The number of hydrogen-bond acceptors (Lipinski definition) is 1. The third-order valence-electron chi connectivity index (χ3n) is 3.07. The molecule has 1 N–H and O–H groups in total. The summed E-state index contributed by atoms with van der Waals surface area (Å²) < 4.78 is 1.25. The number of halogens is 1. The third kappa shape index (κ3) is 5.22. The molecule has 0 amide bonds. The molecule has 0 heterocycles. The predicted octanol–water partition coefficient (Wildman–Crippen LogP) is 4.72. The normalized spacial score (nSPS) is 12.6. The van der Waals surface area contributed by atoms with Crippen molar-refractivity contribution in [2.75, 3.05) is 13.1 Å². The van der Waals surface area contributed by atoms with E-state index in [0.717, 1.165) is 13.1 Å². The first-order valence-electron chi connectivity index (χ1n) is 6.74. The van der Waals surface area contributed by atoms with Gasteiger partial charge in [0.2, 0.25) is 0 Å². The Morgan fingerprint density at radius 2 is 1.94 bits per heavy atom. The first kappa shape index (κ1) is 14.7. The molecule has 0 aliphatic heterocycles. The van der Waals surface area contributed by atoms with Crippen molar-refractivity contribution < 1.29 is 0 Å². The SMILES string of the molecule is CCCCC(CNCCC)c1ccccc1Br. The van der Waals surface area contributed by atoms with Crippen LogP contribution in [0.4, 0.5) is 0 Å². The molecule has 0 aliphatic carbocycles. The Morgan fingerprint density at radius 3 is 2.59 bits per heavy atom. The third-order valence-corrected chi connectivity index (χ3v) is 3.79. The Bertz CT molecular complexity index is 312. The van der Waals surface area contributed by atoms with E-state index in [1.807, 2.05) is 0 Å². The zero-order valence-corrected chi connectivity index (χ0v) is 12.6. The van der Waals surface area contributed by atoms with Gasteiger partial charge in [-0.3, -0.25) is 0 Å². The lowest BCUT2D eigenvalue weighted by Gasteiger charge is -2.19. The minimum atomic E-state index is 0.636. The maximum absolute atomic E-state index is 3.67. The van der Waals surface area contributed by atoms with Gasteiger partial charge in [0.15, 0.2) is 0 Å². The Kier molecular flexibility index (Phi) is 7.54. The molecule has 17 heavy (non-hydrogen) atoms. The van der Waals surface area contributed by atoms with Crippen molar-refractivity contribution >= 4 is 15.9 Å². The average molecular weight is 298 g/mol. The highest BCUT2D eigenvalue weighted by Gasteiger charge is 2.13. The van der Waals surface area contributed by atoms with Crippen LogP contribution >= 0.6 is 15.9 Å². The highest BCUT2D eigenvalue weighted by atomic mass is 79.9. The highest BCUT2D eigenvalue weighted by molar-refractivity contribution is 9.10. The van der Waals surface area contributed by atoms with Gasteiger partial charge in [0.1, 0.15) is 0 Å². The van der Waals surface area contributed by atoms with Crippen molar-refractivity contribution in [2.45, 2.75) is 45.4 Å². The van der Waals surface area contributed by atoms with Crippen LogP contribution in [0.15, 0.2) is 28.7 Å². The van der Waals surface area contributed by atoms with Gasteiger partial charge in [-0.25, -0.2) is 0 Å². The molecule has 0 fully saturated rings.